The standard InChI is InChI=1S/C27H32N2O6/c1-3-35-20-8-6-19(7-9-20)24-23(25(31)21-17-18(2)5-10-22(21)30)26(32)27(33)29(24)12-4-11-28-13-15-34-16-14-28/h5-10,17,24,30-31H,3-4,11-16H2,1-2H3. The number of hydrogen-bond acceptors (Lipinski definition) is 7. The van der Waals surface area contributed by atoms with Crippen molar-refractivity contribution in [2.45, 2.75) is 26.3 Å². The van der Waals surface area contributed by atoms with E-state index in [1.54, 1.807) is 36.4 Å². The average Bonchev–Trinajstić information content (AvgIpc) is 3.11. The fourth-order valence-electron chi connectivity index (χ4n) is 4.64. The molecule has 35 heavy (non-hydrogen) atoms. The summed E-state index contributed by atoms with van der Waals surface area (Å²) in [7, 11) is 0. The predicted octanol–water partition coefficient (Wildman–Crippen LogP) is 3.24. The van der Waals surface area contributed by atoms with Crippen LogP contribution in [0.1, 0.15) is 36.1 Å². The Morgan fingerprint density at radius 2 is 1.80 bits per heavy atom. The lowest BCUT2D eigenvalue weighted by Crippen LogP contribution is -2.38. The van der Waals surface area contributed by atoms with Crippen LogP contribution in [0.4, 0.5) is 0 Å². The molecule has 0 radical (unpaired) electrons. The van der Waals surface area contributed by atoms with Crippen molar-refractivity contribution in [2.24, 2.45) is 0 Å². The van der Waals surface area contributed by atoms with Gasteiger partial charge in [0.05, 0.1) is 37.0 Å². The number of aliphatic hydroxyl groups is 1. The van der Waals surface area contributed by atoms with Crippen LogP contribution in [-0.2, 0) is 14.3 Å². The maximum atomic E-state index is 13.2. The molecule has 8 heteroatoms. The zero-order valence-electron chi connectivity index (χ0n) is 20.2. The quantitative estimate of drug-likeness (QED) is 0.340. The first kappa shape index (κ1) is 24.8. The Labute approximate surface area is 205 Å². The van der Waals surface area contributed by atoms with Gasteiger partial charge in [-0.3, -0.25) is 14.5 Å². The predicted molar refractivity (Wildman–Crippen MR) is 131 cm³/mol. The van der Waals surface area contributed by atoms with Gasteiger partial charge >= 0.3 is 0 Å². The lowest BCUT2D eigenvalue weighted by molar-refractivity contribution is -0.140. The highest BCUT2D eigenvalue weighted by molar-refractivity contribution is 6.46. The van der Waals surface area contributed by atoms with Gasteiger partial charge in [-0.15, -0.1) is 0 Å². The Hall–Kier alpha value is -3.36. The number of aromatic hydroxyl groups is 1. The molecule has 1 atom stereocenters. The van der Waals surface area contributed by atoms with Crippen LogP contribution in [-0.4, -0.2) is 77.7 Å². The summed E-state index contributed by atoms with van der Waals surface area (Å²) in [6.45, 7) is 8.44. The molecule has 0 spiro atoms. The van der Waals surface area contributed by atoms with E-state index in [-0.39, 0.29) is 22.6 Å². The summed E-state index contributed by atoms with van der Waals surface area (Å²) >= 11 is 0. The summed E-state index contributed by atoms with van der Waals surface area (Å²) in [4.78, 5) is 30.2. The Bertz CT molecular complexity index is 1110. The number of ketones is 1. The summed E-state index contributed by atoms with van der Waals surface area (Å²) in [5, 5.41) is 21.6. The number of phenolic OH excluding ortho intramolecular Hbond substituents is 1. The summed E-state index contributed by atoms with van der Waals surface area (Å²) in [5.41, 5.74) is 1.60. The van der Waals surface area contributed by atoms with Crippen molar-refractivity contribution in [2.75, 3.05) is 46.0 Å². The number of hydrogen-bond donors (Lipinski definition) is 2. The van der Waals surface area contributed by atoms with Gasteiger partial charge in [0.25, 0.3) is 11.7 Å². The van der Waals surface area contributed by atoms with E-state index >= 15 is 0 Å². The molecular weight excluding hydrogens is 448 g/mol. The van der Waals surface area contributed by atoms with Crippen LogP contribution in [0, 0.1) is 6.92 Å². The molecule has 0 bridgehead atoms. The molecule has 8 nitrogen and oxygen atoms in total. The van der Waals surface area contributed by atoms with Crippen LogP contribution in [0.15, 0.2) is 48.0 Å². The Balaban J connectivity index is 1.70. The monoisotopic (exact) mass is 480 g/mol. The molecule has 2 aromatic carbocycles. The number of carbonyl (C=O) groups is 2. The molecule has 2 saturated heterocycles. The summed E-state index contributed by atoms with van der Waals surface area (Å²) in [5.74, 6) is -1.26. The summed E-state index contributed by atoms with van der Waals surface area (Å²) < 4.78 is 10.9. The van der Waals surface area contributed by atoms with Gasteiger partial charge in [-0.2, -0.15) is 0 Å². The Morgan fingerprint density at radius 1 is 1.09 bits per heavy atom. The van der Waals surface area contributed by atoms with E-state index in [9.17, 15) is 19.8 Å². The van der Waals surface area contributed by atoms with Crippen molar-refractivity contribution in [1.29, 1.82) is 0 Å². The zero-order valence-corrected chi connectivity index (χ0v) is 20.2. The second-order valence-electron chi connectivity index (χ2n) is 8.82. The second kappa shape index (κ2) is 10.9. The van der Waals surface area contributed by atoms with Gasteiger partial charge in [-0.05, 0) is 50.1 Å². The molecule has 2 N–H and O–H groups in total. The largest absolute Gasteiger partial charge is 0.507 e. The van der Waals surface area contributed by atoms with E-state index in [2.05, 4.69) is 4.90 Å². The third-order valence-electron chi connectivity index (χ3n) is 6.43. The van der Waals surface area contributed by atoms with Crippen LogP contribution in [0.3, 0.4) is 0 Å². The van der Waals surface area contributed by atoms with Crippen molar-refractivity contribution in [3.63, 3.8) is 0 Å². The average molecular weight is 481 g/mol. The molecule has 0 saturated carbocycles. The topological polar surface area (TPSA) is 99.5 Å². The van der Waals surface area contributed by atoms with Gasteiger partial charge in [-0.1, -0.05) is 23.8 Å². The molecule has 2 aliphatic heterocycles. The van der Waals surface area contributed by atoms with Gasteiger partial charge in [-0.25, -0.2) is 0 Å². The van der Waals surface area contributed by atoms with Crippen molar-refractivity contribution >= 4 is 17.4 Å². The Morgan fingerprint density at radius 3 is 2.49 bits per heavy atom. The summed E-state index contributed by atoms with van der Waals surface area (Å²) in [6, 6.07) is 11.2. The number of carbonyl (C=O) groups excluding carboxylic acids is 2. The SMILES string of the molecule is CCOc1ccc(C2C(=C(O)c3cc(C)ccc3O)C(=O)C(=O)N2CCCN2CCOCC2)cc1. The minimum Gasteiger partial charge on any atom is -0.507 e. The highest BCUT2D eigenvalue weighted by atomic mass is 16.5. The molecule has 0 aliphatic carbocycles. The van der Waals surface area contributed by atoms with E-state index < -0.39 is 17.7 Å². The first-order valence-corrected chi connectivity index (χ1v) is 12.0. The number of Topliss-reactive ketones (excluding diaryl/α,β-unsaturated/α-hetero) is 1. The molecule has 1 amide bonds. The van der Waals surface area contributed by atoms with Crippen LogP contribution >= 0.6 is 0 Å². The maximum absolute atomic E-state index is 13.2. The van der Waals surface area contributed by atoms with Crippen molar-refractivity contribution in [1.82, 2.24) is 9.80 Å². The summed E-state index contributed by atoms with van der Waals surface area (Å²) in [6.07, 6.45) is 0.677. The number of benzene rings is 2. The van der Waals surface area contributed by atoms with E-state index in [1.165, 1.54) is 11.0 Å². The van der Waals surface area contributed by atoms with E-state index in [0.717, 1.165) is 25.2 Å². The highest BCUT2D eigenvalue weighted by Crippen LogP contribution is 2.41. The van der Waals surface area contributed by atoms with E-state index in [4.69, 9.17) is 9.47 Å². The Kier molecular flexibility index (Phi) is 7.73. The first-order chi connectivity index (χ1) is 16.9. The minimum atomic E-state index is -0.768. The van der Waals surface area contributed by atoms with Crippen molar-refractivity contribution < 1.29 is 29.3 Å². The fraction of sp³-hybridized carbons (Fsp3) is 0.407. The van der Waals surface area contributed by atoms with E-state index in [1.807, 2.05) is 13.8 Å². The molecule has 1 unspecified atom stereocenters. The highest BCUT2D eigenvalue weighted by Gasteiger charge is 2.46. The zero-order chi connectivity index (χ0) is 24.9. The molecule has 186 valence electrons. The molecular formula is C27H32N2O6. The van der Waals surface area contributed by atoms with Crippen molar-refractivity contribution in [3.8, 4) is 11.5 Å². The molecule has 2 heterocycles. The van der Waals surface area contributed by atoms with Crippen molar-refractivity contribution in [3.05, 3.63) is 64.7 Å². The number of amides is 1. The van der Waals surface area contributed by atoms with Gasteiger partial charge < -0.3 is 24.6 Å². The number of likely N-dealkylation sites (tertiary alicyclic amines) is 1. The fourth-order valence-corrected chi connectivity index (χ4v) is 4.64. The number of phenols is 1. The first-order valence-electron chi connectivity index (χ1n) is 12.0. The van der Waals surface area contributed by atoms with Crippen LogP contribution in [0.2, 0.25) is 0 Å². The lowest BCUT2D eigenvalue weighted by atomic mass is 9.94. The van der Waals surface area contributed by atoms with E-state index in [0.29, 0.717) is 44.1 Å². The van der Waals surface area contributed by atoms with Gasteiger partial charge in [0.2, 0.25) is 0 Å². The van der Waals surface area contributed by atoms with Gasteiger partial charge in [0.1, 0.15) is 17.3 Å². The molecule has 0 aromatic heterocycles. The number of aliphatic hydroxyl groups excluding tert-OH is 1. The van der Waals surface area contributed by atoms with Crippen LogP contribution in [0.5, 0.6) is 11.5 Å². The van der Waals surface area contributed by atoms with Crippen LogP contribution in [0.25, 0.3) is 5.76 Å². The molecule has 4 rings (SSSR count). The normalized spacial score (nSPS) is 20.4. The number of morpholine rings is 1. The van der Waals surface area contributed by atoms with Gasteiger partial charge in [0.15, 0.2) is 0 Å². The lowest BCUT2D eigenvalue weighted by Gasteiger charge is -2.29. The third-order valence-corrected chi connectivity index (χ3v) is 6.43. The minimum absolute atomic E-state index is 0.0218. The molecule has 2 aromatic rings. The van der Waals surface area contributed by atoms with Crippen LogP contribution < -0.4 is 4.74 Å². The van der Waals surface area contributed by atoms with Gasteiger partial charge in [0, 0.05) is 26.2 Å². The second-order valence-corrected chi connectivity index (χ2v) is 8.82. The number of nitrogens with zero attached hydrogens (tertiary/aromatic N) is 2. The molecule has 2 fully saturated rings. The third kappa shape index (κ3) is 5.33. The maximum Gasteiger partial charge on any atom is 0.295 e. The number of aryl methyl sites for hydroxylation is 1. The smallest absolute Gasteiger partial charge is 0.295 e. The number of ether oxygens (including phenoxy) is 2. The molecule has 2 aliphatic rings. The number of rotatable bonds is 8.